The average molecular weight is 209 g/mol. The molecule has 1 aliphatic heterocycles. The van der Waals surface area contributed by atoms with E-state index in [1.807, 2.05) is 0 Å². The number of likely N-dealkylation sites (tertiary alicyclic amines) is 1. The highest BCUT2D eigenvalue weighted by atomic mass is 15.2. The fourth-order valence-electron chi connectivity index (χ4n) is 4.01. The molecule has 2 aliphatic rings. The Morgan fingerprint density at radius 3 is 1.87 bits per heavy atom. The van der Waals surface area contributed by atoms with Crippen molar-refractivity contribution < 1.29 is 0 Å². The summed E-state index contributed by atoms with van der Waals surface area (Å²) in [6, 6.07) is 0. The van der Waals surface area contributed by atoms with Crippen LogP contribution in [-0.4, -0.2) is 23.5 Å². The van der Waals surface area contributed by atoms with E-state index in [1.165, 1.54) is 13.1 Å². The fourth-order valence-corrected chi connectivity index (χ4v) is 4.01. The molecular formula is C14H27N. The minimum absolute atomic E-state index is 0.360. The molecule has 0 N–H and O–H groups in total. The third kappa shape index (κ3) is 1.63. The summed E-state index contributed by atoms with van der Waals surface area (Å²) in [5, 5.41) is 0. The Bertz CT molecular complexity index is 268. The minimum atomic E-state index is 0.360. The van der Waals surface area contributed by atoms with Crippen LogP contribution in [-0.2, 0) is 0 Å². The van der Waals surface area contributed by atoms with Gasteiger partial charge in [0.1, 0.15) is 0 Å². The number of hydrogen-bond acceptors (Lipinski definition) is 1. The standard InChI is InChI=1S/C14H27N/c1-12(2,3)11-10-8-15(13(4,5)6)9-14(10,11)7/h10-11H,8-9H2,1-7H3. The van der Waals surface area contributed by atoms with Crippen molar-refractivity contribution in [3.05, 3.63) is 0 Å². The summed E-state index contributed by atoms with van der Waals surface area (Å²) in [6.45, 7) is 19.4. The highest BCUT2D eigenvalue weighted by molar-refractivity contribution is 5.18. The quantitative estimate of drug-likeness (QED) is 0.591. The zero-order valence-electron chi connectivity index (χ0n) is 11.5. The molecule has 1 nitrogen and oxygen atoms in total. The second kappa shape index (κ2) is 2.80. The molecule has 2 fully saturated rings. The summed E-state index contributed by atoms with van der Waals surface area (Å²) in [6.07, 6.45) is 0. The van der Waals surface area contributed by atoms with E-state index in [9.17, 15) is 0 Å². The number of rotatable bonds is 0. The smallest absolute Gasteiger partial charge is 0.0125 e. The summed E-state index contributed by atoms with van der Waals surface area (Å²) in [5.74, 6) is 1.90. The van der Waals surface area contributed by atoms with E-state index >= 15 is 0 Å². The van der Waals surface area contributed by atoms with Crippen LogP contribution in [0.4, 0.5) is 0 Å². The van der Waals surface area contributed by atoms with Gasteiger partial charge in [0.05, 0.1) is 0 Å². The molecule has 0 spiro atoms. The van der Waals surface area contributed by atoms with Gasteiger partial charge in [-0.3, -0.25) is 4.90 Å². The lowest BCUT2D eigenvalue weighted by molar-refractivity contribution is 0.114. The van der Waals surface area contributed by atoms with Gasteiger partial charge < -0.3 is 0 Å². The van der Waals surface area contributed by atoms with Crippen LogP contribution < -0.4 is 0 Å². The van der Waals surface area contributed by atoms with Crippen molar-refractivity contribution >= 4 is 0 Å². The Kier molecular flexibility index (Phi) is 2.13. The molecule has 15 heavy (non-hydrogen) atoms. The van der Waals surface area contributed by atoms with Crippen LogP contribution in [0.1, 0.15) is 48.5 Å². The molecular weight excluding hydrogens is 182 g/mol. The maximum absolute atomic E-state index is 2.67. The topological polar surface area (TPSA) is 3.24 Å². The molecule has 3 unspecified atom stereocenters. The molecule has 1 saturated carbocycles. The van der Waals surface area contributed by atoms with Crippen LogP contribution in [0, 0.1) is 22.7 Å². The molecule has 0 amide bonds. The molecule has 0 aromatic carbocycles. The van der Waals surface area contributed by atoms with E-state index in [-0.39, 0.29) is 0 Å². The average Bonchev–Trinajstić information content (AvgIpc) is 2.38. The molecule has 1 heterocycles. The van der Waals surface area contributed by atoms with E-state index in [1.54, 1.807) is 0 Å². The second-order valence-corrected chi connectivity index (χ2v) is 8.01. The lowest BCUT2D eigenvalue weighted by Crippen LogP contribution is -2.43. The number of hydrogen-bond donors (Lipinski definition) is 0. The van der Waals surface area contributed by atoms with Crippen LogP contribution in [0.25, 0.3) is 0 Å². The number of piperidine rings is 1. The van der Waals surface area contributed by atoms with Gasteiger partial charge in [-0.1, -0.05) is 27.7 Å². The van der Waals surface area contributed by atoms with E-state index in [0.29, 0.717) is 16.4 Å². The van der Waals surface area contributed by atoms with E-state index in [0.717, 1.165) is 11.8 Å². The lowest BCUT2D eigenvalue weighted by atomic mass is 9.84. The normalized spacial score (nSPS) is 41.8. The summed E-state index contributed by atoms with van der Waals surface area (Å²) >= 11 is 0. The van der Waals surface area contributed by atoms with E-state index in [4.69, 9.17) is 0 Å². The maximum atomic E-state index is 2.67. The molecule has 3 atom stereocenters. The van der Waals surface area contributed by atoms with Gasteiger partial charge in [0, 0.05) is 18.6 Å². The third-order valence-electron chi connectivity index (χ3n) is 4.68. The summed E-state index contributed by atoms with van der Waals surface area (Å²) in [5.41, 5.74) is 1.48. The van der Waals surface area contributed by atoms with Crippen molar-refractivity contribution in [2.45, 2.75) is 54.0 Å². The predicted octanol–water partition coefficient (Wildman–Crippen LogP) is 3.40. The first-order valence-electron chi connectivity index (χ1n) is 6.32. The Labute approximate surface area is 95.2 Å². The van der Waals surface area contributed by atoms with Crippen molar-refractivity contribution in [3.8, 4) is 0 Å². The van der Waals surface area contributed by atoms with Crippen LogP contribution in [0.15, 0.2) is 0 Å². The van der Waals surface area contributed by atoms with Crippen LogP contribution in [0.5, 0.6) is 0 Å². The molecule has 0 aromatic rings. The zero-order chi connectivity index (χ0) is 11.6. The van der Waals surface area contributed by atoms with Gasteiger partial charge in [0.2, 0.25) is 0 Å². The highest BCUT2D eigenvalue weighted by Gasteiger charge is 2.69. The second-order valence-electron chi connectivity index (χ2n) is 8.01. The monoisotopic (exact) mass is 209 g/mol. The Hall–Kier alpha value is -0.0400. The molecule has 1 heteroatoms. The minimum Gasteiger partial charge on any atom is -0.298 e. The van der Waals surface area contributed by atoms with Crippen molar-refractivity contribution in [1.29, 1.82) is 0 Å². The molecule has 1 saturated heterocycles. The molecule has 2 rings (SSSR count). The van der Waals surface area contributed by atoms with Gasteiger partial charge in [0.25, 0.3) is 0 Å². The maximum Gasteiger partial charge on any atom is 0.0125 e. The number of fused-ring (bicyclic) bond motifs is 1. The number of nitrogens with zero attached hydrogens (tertiary/aromatic N) is 1. The molecule has 0 aromatic heterocycles. The largest absolute Gasteiger partial charge is 0.298 e. The first-order valence-corrected chi connectivity index (χ1v) is 6.32. The first-order chi connectivity index (χ1) is 6.57. The molecule has 88 valence electrons. The predicted molar refractivity (Wildman–Crippen MR) is 65.9 cm³/mol. The van der Waals surface area contributed by atoms with Crippen molar-refractivity contribution in [2.75, 3.05) is 13.1 Å². The first kappa shape index (κ1) is 11.4. The lowest BCUT2D eigenvalue weighted by Gasteiger charge is -2.36. The van der Waals surface area contributed by atoms with Gasteiger partial charge in [-0.05, 0) is 43.4 Å². The zero-order valence-corrected chi connectivity index (χ0v) is 11.5. The van der Waals surface area contributed by atoms with Gasteiger partial charge in [-0.15, -0.1) is 0 Å². The fraction of sp³-hybridized carbons (Fsp3) is 1.00. The van der Waals surface area contributed by atoms with Gasteiger partial charge in [0.15, 0.2) is 0 Å². The third-order valence-corrected chi connectivity index (χ3v) is 4.68. The van der Waals surface area contributed by atoms with Crippen LogP contribution >= 0.6 is 0 Å². The van der Waals surface area contributed by atoms with Crippen molar-refractivity contribution in [1.82, 2.24) is 4.90 Å². The van der Waals surface area contributed by atoms with Crippen molar-refractivity contribution in [2.24, 2.45) is 22.7 Å². The summed E-state index contributed by atoms with van der Waals surface area (Å²) in [7, 11) is 0. The van der Waals surface area contributed by atoms with Gasteiger partial charge in [-0.2, -0.15) is 0 Å². The Morgan fingerprint density at radius 2 is 1.60 bits per heavy atom. The summed E-state index contributed by atoms with van der Waals surface area (Å²) in [4.78, 5) is 2.67. The van der Waals surface area contributed by atoms with Gasteiger partial charge in [-0.25, -0.2) is 0 Å². The Morgan fingerprint density at radius 1 is 1.07 bits per heavy atom. The van der Waals surface area contributed by atoms with Gasteiger partial charge >= 0.3 is 0 Å². The van der Waals surface area contributed by atoms with E-state index in [2.05, 4.69) is 53.4 Å². The molecule has 0 bridgehead atoms. The van der Waals surface area contributed by atoms with E-state index < -0.39 is 0 Å². The molecule has 1 aliphatic carbocycles. The summed E-state index contributed by atoms with van der Waals surface area (Å²) < 4.78 is 0. The molecule has 0 radical (unpaired) electrons. The Balaban J connectivity index is 2.07. The van der Waals surface area contributed by atoms with Crippen LogP contribution in [0.2, 0.25) is 0 Å². The van der Waals surface area contributed by atoms with Crippen molar-refractivity contribution in [3.63, 3.8) is 0 Å². The van der Waals surface area contributed by atoms with Crippen LogP contribution in [0.3, 0.4) is 0 Å². The SMILES string of the molecule is CC(C)(C)C1C2CN(C(C)(C)C)CC21C. The highest BCUT2D eigenvalue weighted by Crippen LogP contribution is 2.69.